The molecule has 0 bridgehead atoms. The lowest BCUT2D eigenvalue weighted by Gasteiger charge is -2.27. The number of likely N-dealkylation sites (tertiary alicyclic amines) is 1. The van der Waals surface area contributed by atoms with Crippen molar-refractivity contribution in [2.24, 2.45) is 0 Å². The lowest BCUT2D eigenvalue weighted by atomic mass is 10.2. The number of hydrogen-bond acceptors (Lipinski definition) is 6. The summed E-state index contributed by atoms with van der Waals surface area (Å²) in [5, 5.41) is 0. The Balaban J connectivity index is 1.68. The van der Waals surface area contributed by atoms with Crippen molar-refractivity contribution >= 4 is 17.7 Å². The molecule has 28 heavy (non-hydrogen) atoms. The second-order valence-electron chi connectivity index (χ2n) is 7.96. The molecule has 2 aromatic heterocycles. The van der Waals surface area contributed by atoms with Crippen LogP contribution in [0.25, 0.3) is 5.65 Å². The third kappa shape index (κ3) is 4.49. The highest BCUT2D eigenvalue weighted by molar-refractivity contribution is 5.82. The number of ether oxygens (including phenoxy) is 2. The van der Waals surface area contributed by atoms with E-state index in [2.05, 4.69) is 4.98 Å². The minimum atomic E-state index is -0.681. The third-order valence-corrected chi connectivity index (χ3v) is 4.38. The number of fused-ring (bicyclic) bond motifs is 1. The molecule has 0 unspecified atom stereocenters. The summed E-state index contributed by atoms with van der Waals surface area (Å²) in [6, 6.07) is 4.26. The van der Waals surface area contributed by atoms with Gasteiger partial charge in [-0.05, 0) is 52.2 Å². The Kier molecular flexibility index (Phi) is 5.40. The predicted octanol–water partition coefficient (Wildman–Crippen LogP) is 2.45. The number of carbonyl (C=O) groups excluding carboxylic acids is 2. The number of amides is 1. The summed E-state index contributed by atoms with van der Waals surface area (Å²) < 4.78 is 12.2. The first-order valence-corrected chi connectivity index (χ1v) is 9.29. The molecule has 1 atom stereocenters. The van der Waals surface area contributed by atoms with Gasteiger partial charge in [0, 0.05) is 18.8 Å². The van der Waals surface area contributed by atoms with Crippen LogP contribution >= 0.6 is 0 Å². The summed E-state index contributed by atoms with van der Waals surface area (Å²) in [6.07, 6.45) is 2.40. The van der Waals surface area contributed by atoms with Crippen molar-refractivity contribution in [1.82, 2.24) is 14.3 Å². The number of rotatable bonds is 3. The molecule has 3 rings (SSSR count). The molecular formula is C20H25N3O5. The average Bonchev–Trinajstić information content (AvgIpc) is 3.09. The van der Waals surface area contributed by atoms with Gasteiger partial charge >= 0.3 is 12.1 Å². The van der Waals surface area contributed by atoms with E-state index in [-0.39, 0.29) is 12.2 Å². The molecule has 0 radical (unpaired) electrons. The lowest BCUT2D eigenvalue weighted by molar-refractivity contribution is -0.150. The number of pyridine rings is 1. The molecule has 150 valence electrons. The molecule has 1 saturated heterocycles. The summed E-state index contributed by atoms with van der Waals surface area (Å²) in [4.78, 5) is 42.8. The van der Waals surface area contributed by atoms with Gasteiger partial charge in [-0.25, -0.2) is 14.6 Å². The molecule has 1 aliphatic heterocycles. The molecule has 2 aromatic rings. The zero-order valence-electron chi connectivity index (χ0n) is 16.6. The molecule has 1 fully saturated rings. The van der Waals surface area contributed by atoms with Crippen molar-refractivity contribution in [3.05, 3.63) is 46.0 Å². The minimum absolute atomic E-state index is 0.128. The molecule has 3 heterocycles. The molecule has 0 spiro atoms. The maximum atomic E-state index is 12.5. The topological polar surface area (TPSA) is 90.2 Å². The normalized spacial score (nSPS) is 17.0. The molecule has 0 aromatic carbocycles. The Labute approximate surface area is 163 Å². The van der Waals surface area contributed by atoms with E-state index in [4.69, 9.17) is 9.47 Å². The molecule has 0 aliphatic carbocycles. The van der Waals surface area contributed by atoms with Crippen LogP contribution in [0.5, 0.6) is 0 Å². The summed E-state index contributed by atoms with van der Waals surface area (Å²) in [6.45, 7) is 7.54. The van der Waals surface area contributed by atoms with Gasteiger partial charge in [-0.2, -0.15) is 0 Å². The molecule has 8 nitrogen and oxygen atoms in total. The largest absolute Gasteiger partial charge is 0.458 e. The van der Waals surface area contributed by atoms with E-state index in [0.717, 1.165) is 5.56 Å². The molecule has 8 heteroatoms. The number of aryl methyl sites for hydroxylation is 1. The first kappa shape index (κ1) is 19.9. The number of hydrogen-bond donors (Lipinski definition) is 0. The standard InChI is InChI=1S/C20H25N3O5/c1-13-7-8-16-21-14(10-17(24)23(16)11-13)12-27-18(25)15-6-5-9-22(15)19(26)28-20(2,3)4/h7-8,10-11,15H,5-6,9,12H2,1-4H3/t15-/m0/s1. The maximum Gasteiger partial charge on any atom is 0.411 e. The Bertz CT molecular complexity index is 960. The van der Waals surface area contributed by atoms with Crippen molar-refractivity contribution in [2.45, 2.75) is 58.8 Å². The highest BCUT2D eigenvalue weighted by Crippen LogP contribution is 2.22. The van der Waals surface area contributed by atoms with Crippen molar-refractivity contribution in [3.8, 4) is 0 Å². The van der Waals surface area contributed by atoms with Crippen molar-refractivity contribution < 1.29 is 19.1 Å². The second kappa shape index (κ2) is 7.61. The van der Waals surface area contributed by atoms with Gasteiger partial charge in [0.1, 0.15) is 23.9 Å². The van der Waals surface area contributed by atoms with Crippen molar-refractivity contribution in [3.63, 3.8) is 0 Å². The van der Waals surface area contributed by atoms with Gasteiger partial charge in [0.2, 0.25) is 0 Å². The molecule has 0 saturated carbocycles. The predicted molar refractivity (Wildman–Crippen MR) is 102 cm³/mol. The second-order valence-corrected chi connectivity index (χ2v) is 7.96. The zero-order valence-corrected chi connectivity index (χ0v) is 16.6. The Morgan fingerprint density at radius 2 is 2.04 bits per heavy atom. The van der Waals surface area contributed by atoms with Crippen LogP contribution in [0.15, 0.2) is 29.2 Å². The van der Waals surface area contributed by atoms with E-state index in [0.29, 0.717) is 30.7 Å². The maximum absolute atomic E-state index is 12.5. The Hall–Kier alpha value is -2.90. The van der Waals surface area contributed by atoms with Crippen LogP contribution in [0.3, 0.4) is 0 Å². The van der Waals surface area contributed by atoms with Crippen molar-refractivity contribution in [2.75, 3.05) is 6.54 Å². The molecule has 1 amide bonds. The van der Waals surface area contributed by atoms with Crippen LogP contribution in [-0.4, -0.2) is 44.5 Å². The van der Waals surface area contributed by atoms with Crippen LogP contribution in [0.4, 0.5) is 4.79 Å². The van der Waals surface area contributed by atoms with Gasteiger partial charge in [-0.15, -0.1) is 0 Å². The van der Waals surface area contributed by atoms with E-state index < -0.39 is 23.7 Å². The van der Waals surface area contributed by atoms with E-state index in [1.54, 1.807) is 33.0 Å². The monoisotopic (exact) mass is 387 g/mol. The summed E-state index contributed by atoms with van der Waals surface area (Å²) >= 11 is 0. The SMILES string of the molecule is Cc1ccc2nc(COC(=O)[C@@H]3CCCN3C(=O)OC(C)(C)C)cc(=O)n2c1. The van der Waals surface area contributed by atoms with Gasteiger partial charge in [-0.3, -0.25) is 14.1 Å². The van der Waals surface area contributed by atoms with E-state index in [1.165, 1.54) is 15.4 Å². The third-order valence-electron chi connectivity index (χ3n) is 4.38. The quantitative estimate of drug-likeness (QED) is 0.752. The van der Waals surface area contributed by atoms with E-state index >= 15 is 0 Å². The van der Waals surface area contributed by atoms with Gasteiger partial charge in [0.05, 0.1) is 5.69 Å². The Morgan fingerprint density at radius 1 is 1.29 bits per heavy atom. The average molecular weight is 387 g/mol. The van der Waals surface area contributed by atoms with Crippen LogP contribution in [0, 0.1) is 6.92 Å². The summed E-state index contributed by atoms with van der Waals surface area (Å²) in [5.74, 6) is -0.519. The van der Waals surface area contributed by atoms with Crippen LogP contribution in [0.2, 0.25) is 0 Å². The lowest BCUT2D eigenvalue weighted by Crippen LogP contribution is -2.44. The highest BCUT2D eigenvalue weighted by atomic mass is 16.6. The van der Waals surface area contributed by atoms with Crippen LogP contribution in [0.1, 0.15) is 44.9 Å². The Morgan fingerprint density at radius 3 is 2.75 bits per heavy atom. The summed E-state index contributed by atoms with van der Waals surface area (Å²) in [7, 11) is 0. The van der Waals surface area contributed by atoms with Crippen LogP contribution in [-0.2, 0) is 20.9 Å². The van der Waals surface area contributed by atoms with Gasteiger partial charge in [0.15, 0.2) is 0 Å². The first-order chi connectivity index (χ1) is 13.1. The number of esters is 1. The van der Waals surface area contributed by atoms with Gasteiger partial charge in [-0.1, -0.05) is 6.07 Å². The van der Waals surface area contributed by atoms with Crippen LogP contribution < -0.4 is 5.56 Å². The molecule has 1 aliphatic rings. The zero-order chi connectivity index (χ0) is 20.5. The number of aromatic nitrogens is 2. The molecular weight excluding hydrogens is 362 g/mol. The van der Waals surface area contributed by atoms with Gasteiger partial charge in [0.25, 0.3) is 5.56 Å². The smallest absolute Gasteiger partial charge is 0.411 e. The molecule has 0 N–H and O–H groups in total. The van der Waals surface area contributed by atoms with Crippen molar-refractivity contribution in [1.29, 1.82) is 0 Å². The fraction of sp³-hybridized carbons (Fsp3) is 0.500. The minimum Gasteiger partial charge on any atom is -0.458 e. The number of nitrogens with zero attached hydrogens (tertiary/aromatic N) is 3. The van der Waals surface area contributed by atoms with Gasteiger partial charge < -0.3 is 9.47 Å². The number of carbonyl (C=O) groups is 2. The van der Waals surface area contributed by atoms with E-state index in [1.807, 2.05) is 13.0 Å². The van der Waals surface area contributed by atoms with E-state index in [9.17, 15) is 14.4 Å². The highest BCUT2D eigenvalue weighted by Gasteiger charge is 2.37. The summed E-state index contributed by atoms with van der Waals surface area (Å²) in [5.41, 5.74) is 0.920. The fourth-order valence-corrected chi connectivity index (χ4v) is 3.12. The fourth-order valence-electron chi connectivity index (χ4n) is 3.12. The first-order valence-electron chi connectivity index (χ1n) is 9.29.